The van der Waals surface area contributed by atoms with Gasteiger partial charge in [-0.3, -0.25) is 0 Å². The van der Waals surface area contributed by atoms with E-state index in [0.29, 0.717) is 6.61 Å². The van der Waals surface area contributed by atoms with Gasteiger partial charge in [0.2, 0.25) is 0 Å². The summed E-state index contributed by atoms with van der Waals surface area (Å²) in [4.78, 5) is 10.3. The average Bonchev–Trinajstić information content (AvgIpc) is 1.89. The minimum Gasteiger partial charge on any atom is -2.00 e. The molecule has 0 aliphatic rings. The molecule has 0 radical (unpaired) electrons. The first kappa shape index (κ1) is 22.6. The van der Waals surface area contributed by atoms with Gasteiger partial charge in [-0.25, -0.2) is 4.79 Å². The summed E-state index contributed by atoms with van der Waals surface area (Å²) in [5.41, 5.74) is 0. The van der Waals surface area contributed by atoms with Crippen molar-refractivity contribution in [3.8, 4) is 0 Å². The van der Waals surface area contributed by atoms with E-state index in [1.165, 1.54) is 6.08 Å². The van der Waals surface area contributed by atoms with Gasteiger partial charge in [-0.2, -0.15) is 0 Å². The largest absolute Gasteiger partial charge is 4.00 e. The molecule has 0 spiro atoms. The van der Waals surface area contributed by atoms with Crippen molar-refractivity contribution in [2.24, 2.45) is 0 Å². The summed E-state index contributed by atoms with van der Waals surface area (Å²) in [7, 11) is 0. The van der Waals surface area contributed by atoms with Crippen molar-refractivity contribution in [1.82, 2.24) is 0 Å². The second-order valence-corrected chi connectivity index (χ2v) is 1.73. The van der Waals surface area contributed by atoms with Gasteiger partial charge in [0.1, 0.15) is 0 Å². The number of ether oxygens (including phenoxy) is 1. The van der Waals surface area contributed by atoms with E-state index in [0.717, 1.165) is 12.8 Å². The smallest absolute Gasteiger partial charge is 2.00 e. The third kappa shape index (κ3) is 16.4. The van der Waals surface area contributed by atoms with E-state index in [9.17, 15) is 4.79 Å². The number of carbonyl (C=O) groups excluding carboxylic acids is 1. The van der Waals surface area contributed by atoms with Gasteiger partial charge in [-0.15, -0.1) is 0 Å². The van der Waals surface area contributed by atoms with Gasteiger partial charge in [0, 0.05) is 6.08 Å². The summed E-state index contributed by atoms with van der Waals surface area (Å²) in [6, 6.07) is 0. The molecule has 0 heterocycles. The second-order valence-electron chi connectivity index (χ2n) is 1.73. The van der Waals surface area contributed by atoms with Gasteiger partial charge in [-0.1, -0.05) is 19.9 Å². The normalized spacial score (nSPS) is 6.42. The second kappa shape index (κ2) is 17.1. The van der Waals surface area contributed by atoms with Crippen molar-refractivity contribution in [2.75, 3.05) is 6.61 Å². The van der Waals surface area contributed by atoms with Gasteiger partial charge in [0.15, 0.2) is 0 Å². The first-order valence-electron chi connectivity index (χ1n) is 3.10. The predicted molar refractivity (Wildman–Crippen MR) is 37.4 cm³/mol. The van der Waals surface area contributed by atoms with Crippen LogP contribution in [-0.4, -0.2) is 12.6 Å². The number of carbonyl (C=O) groups is 1. The van der Waals surface area contributed by atoms with Crippen LogP contribution in [0.25, 0.3) is 0 Å². The van der Waals surface area contributed by atoms with Crippen LogP contribution in [0.3, 0.4) is 0 Å². The molecule has 5 heteroatoms. The first-order valence-corrected chi connectivity index (χ1v) is 3.10. The van der Waals surface area contributed by atoms with Crippen LogP contribution in [-0.2, 0) is 42.2 Å². The molecule has 0 N–H and O–H groups in total. The summed E-state index contributed by atoms with van der Waals surface area (Å²) < 4.78 is 4.67. The number of esters is 1. The molecule has 0 amide bonds. The molecular weight excluding hydrogens is 196 g/mol. The molecule has 0 aromatic carbocycles. The Hall–Kier alpha value is -0.156. The molecule has 0 saturated heterocycles. The maximum atomic E-state index is 10.3. The molecule has 0 rings (SSSR count). The van der Waals surface area contributed by atoms with E-state index in [2.05, 4.69) is 11.3 Å². The fourth-order valence-electron chi connectivity index (χ4n) is 0.376. The average molecular weight is 208 g/mol. The Morgan fingerprint density at radius 1 is 1.50 bits per heavy atom. The molecule has 0 atom stereocenters. The van der Waals surface area contributed by atoms with E-state index in [4.69, 9.17) is 0 Å². The third-order valence-electron chi connectivity index (χ3n) is 0.909. The quantitative estimate of drug-likeness (QED) is 0.301. The summed E-state index contributed by atoms with van der Waals surface area (Å²) in [5.74, 6) is -0.330. The molecule has 0 fully saturated rings. The molecule has 12 heavy (non-hydrogen) atoms. The van der Waals surface area contributed by atoms with Crippen molar-refractivity contribution >= 4 is 5.97 Å². The molecule has 0 aliphatic carbocycles. The minimum absolute atomic E-state index is 0. The molecule has 0 aromatic rings. The summed E-state index contributed by atoms with van der Waals surface area (Å²) >= 11 is 0. The van der Waals surface area contributed by atoms with E-state index in [1.807, 2.05) is 6.92 Å². The number of unbranched alkanes of at least 4 members (excludes halogenated alkanes) is 1. The number of hydrogen-bond donors (Lipinski definition) is 0. The Labute approximate surface area is 87.5 Å². The number of rotatable bonds is 4. The maximum Gasteiger partial charge on any atom is 4.00 e. The Morgan fingerprint density at radius 2 is 2.00 bits per heavy atom. The molecule has 0 aliphatic heterocycles. The molecule has 68 valence electrons. The minimum atomic E-state index is -0.330. The maximum absolute atomic E-state index is 10.3. The molecule has 0 bridgehead atoms. The summed E-state index contributed by atoms with van der Waals surface area (Å²) in [6.07, 6.45) is 3.15. The Kier molecular flexibility index (Phi) is 32.2. The zero-order valence-corrected chi connectivity index (χ0v) is 8.60. The van der Waals surface area contributed by atoms with Gasteiger partial charge in [0.05, 0.1) is 6.61 Å². The molecular formula is C7H12O4Ti. The van der Waals surface area contributed by atoms with Crippen molar-refractivity contribution in [2.45, 2.75) is 19.8 Å². The molecule has 0 aromatic heterocycles. The SMILES string of the molecule is C=CC(=O)OCCCC.[O-2].[O-2].[Ti+4]. The zero-order valence-electron chi connectivity index (χ0n) is 7.04. The van der Waals surface area contributed by atoms with Crippen molar-refractivity contribution in [3.05, 3.63) is 12.7 Å². The molecule has 4 nitrogen and oxygen atoms in total. The van der Waals surface area contributed by atoms with Crippen LogP contribution >= 0.6 is 0 Å². The van der Waals surface area contributed by atoms with Crippen LogP contribution in [0.5, 0.6) is 0 Å². The van der Waals surface area contributed by atoms with E-state index in [1.54, 1.807) is 0 Å². The van der Waals surface area contributed by atoms with E-state index < -0.39 is 0 Å². The van der Waals surface area contributed by atoms with Crippen LogP contribution in [0, 0.1) is 0 Å². The predicted octanol–water partition coefficient (Wildman–Crippen LogP) is 1.28. The van der Waals surface area contributed by atoms with Crippen LogP contribution in [0.15, 0.2) is 12.7 Å². The standard InChI is InChI=1S/C7H12O2.2O.Ti/c1-3-5-6-9-7(8)4-2;;;/h4H,2-3,5-6H2,1H3;;;/q;2*-2;+4. The van der Waals surface area contributed by atoms with Gasteiger partial charge in [0.25, 0.3) is 0 Å². The Bertz CT molecular complexity index is 106. The fraction of sp³-hybridized carbons (Fsp3) is 0.571. The van der Waals surface area contributed by atoms with Gasteiger partial charge >= 0.3 is 27.7 Å². The fourth-order valence-corrected chi connectivity index (χ4v) is 0.376. The first-order chi connectivity index (χ1) is 4.31. The summed E-state index contributed by atoms with van der Waals surface area (Å²) in [6.45, 7) is 5.82. The third-order valence-corrected chi connectivity index (χ3v) is 0.909. The zero-order chi connectivity index (χ0) is 7.11. The van der Waals surface area contributed by atoms with Gasteiger partial charge < -0.3 is 15.7 Å². The summed E-state index contributed by atoms with van der Waals surface area (Å²) in [5, 5.41) is 0. The topological polar surface area (TPSA) is 83.3 Å². The monoisotopic (exact) mass is 208 g/mol. The molecule has 0 saturated carbocycles. The van der Waals surface area contributed by atoms with Crippen molar-refractivity contribution < 1.29 is 42.2 Å². The van der Waals surface area contributed by atoms with Crippen LogP contribution in [0.2, 0.25) is 0 Å². The van der Waals surface area contributed by atoms with E-state index in [-0.39, 0.29) is 38.6 Å². The molecule has 0 unspecified atom stereocenters. The van der Waals surface area contributed by atoms with Crippen molar-refractivity contribution in [3.63, 3.8) is 0 Å². The van der Waals surface area contributed by atoms with Crippen molar-refractivity contribution in [1.29, 1.82) is 0 Å². The van der Waals surface area contributed by atoms with Gasteiger partial charge in [-0.05, 0) is 6.42 Å². The van der Waals surface area contributed by atoms with Crippen LogP contribution < -0.4 is 0 Å². The van der Waals surface area contributed by atoms with E-state index >= 15 is 0 Å². The Morgan fingerprint density at radius 3 is 2.33 bits per heavy atom. The number of hydrogen-bond acceptors (Lipinski definition) is 2. The Balaban J connectivity index is -0.000000107. The van der Waals surface area contributed by atoms with Crippen LogP contribution in [0.1, 0.15) is 19.8 Å². The van der Waals surface area contributed by atoms with Crippen LogP contribution in [0.4, 0.5) is 0 Å².